The van der Waals surface area contributed by atoms with Crippen molar-refractivity contribution in [3.63, 3.8) is 0 Å². The number of nitrogens with zero attached hydrogens (tertiary/aromatic N) is 2. The van der Waals surface area contributed by atoms with Crippen molar-refractivity contribution in [2.24, 2.45) is 5.92 Å². The van der Waals surface area contributed by atoms with Crippen molar-refractivity contribution >= 4 is 0 Å². The van der Waals surface area contributed by atoms with Crippen LogP contribution in [0.25, 0.3) is 0 Å². The van der Waals surface area contributed by atoms with E-state index in [1.165, 1.54) is 71.4 Å². The van der Waals surface area contributed by atoms with E-state index in [4.69, 9.17) is 5.11 Å². The van der Waals surface area contributed by atoms with E-state index in [1.54, 1.807) is 0 Å². The normalized spacial score (nSPS) is 19.7. The minimum Gasteiger partial charge on any atom is -0.396 e. The van der Waals surface area contributed by atoms with E-state index in [1.807, 2.05) is 0 Å². The number of hydrogen-bond donors (Lipinski definition) is 1. The molecule has 0 aromatic carbocycles. The average molecular weight is 270 g/mol. The molecule has 1 saturated heterocycles. The van der Waals surface area contributed by atoms with Crippen molar-refractivity contribution in [1.82, 2.24) is 9.80 Å². The highest BCUT2D eigenvalue weighted by Crippen LogP contribution is 2.17. The highest BCUT2D eigenvalue weighted by atomic mass is 16.3. The number of rotatable bonds is 10. The topological polar surface area (TPSA) is 26.7 Å². The summed E-state index contributed by atoms with van der Waals surface area (Å²) in [5.74, 6) is 0.748. The van der Waals surface area contributed by atoms with Gasteiger partial charge in [0.2, 0.25) is 0 Å². The molecule has 0 aromatic heterocycles. The zero-order chi connectivity index (χ0) is 13.9. The highest BCUT2D eigenvalue weighted by molar-refractivity contribution is 4.70. The van der Waals surface area contributed by atoms with Gasteiger partial charge in [0.25, 0.3) is 0 Å². The second-order valence-electron chi connectivity index (χ2n) is 5.91. The van der Waals surface area contributed by atoms with Crippen LogP contribution in [0.15, 0.2) is 0 Å². The zero-order valence-electron chi connectivity index (χ0n) is 13.1. The van der Waals surface area contributed by atoms with Crippen LogP contribution in [0.3, 0.4) is 0 Å². The van der Waals surface area contributed by atoms with Crippen LogP contribution >= 0.6 is 0 Å². The third-order valence-corrected chi connectivity index (χ3v) is 4.61. The van der Waals surface area contributed by atoms with E-state index in [0.29, 0.717) is 6.61 Å². The molecule has 19 heavy (non-hydrogen) atoms. The Morgan fingerprint density at radius 2 is 1.58 bits per heavy atom. The van der Waals surface area contributed by atoms with Crippen LogP contribution in [0, 0.1) is 5.92 Å². The standard InChI is InChI=1S/C16H34N2O/c1-3-16(9-15-19)8-6-5-7-10-18-13-11-17(4-2)12-14-18/h16,19H,3-15H2,1-2H3/t16-/m0/s1. The second-order valence-corrected chi connectivity index (χ2v) is 5.91. The maximum atomic E-state index is 8.97. The predicted molar refractivity (Wildman–Crippen MR) is 82.5 cm³/mol. The van der Waals surface area contributed by atoms with Crippen LogP contribution < -0.4 is 0 Å². The maximum Gasteiger partial charge on any atom is 0.0433 e. The van der Waals surface area contributed by atoms with Crippen molar-refractivity contribution in [3.8, 4) is 0 Å². The van der Waals surface area contributed by atoms with Crippen LogP contribution in [0.5, 0.6) is 0 Å². The molecule has 0 spiro atoms. The van der Waals surface area contributed by atoms with Crippen molar-refractivity contribution in [1.29, 1.82) is 0 Å². The van der Waals surface area contributed by atoms with E-state index < -0.39 is 0 Å². The van der Waals surface area contributed by atoms with Crippen molar-refractivity contribution in [3.05, 3.63) is 0 Å². The molecule has 1 heterocycles. The van der Waals surface area contributed by atoms with E-state index >= 15 is 0 Å². The lowest BCUT2D eigenvalue weighted by atomic mass is 9.95. The van der Waals surface area contributed by atoms with Gasteiger partial charge in [-0.2, -0.15) is 0 Å². The summed E-state index contributed by atoms with van der Waals surface area (Å²) in [5.41, 5.74) is 0. The molecule has 0 unspecified atom stereocenters. The van der Waals surface area contributed by atoms with Gasteiger partial charge in [0.1, 0.15) is 0 Å². The van der Waals surface area contributed by atoms with Crippen LogP contribution in [-0.4, -0.2) is 60.8 Å². The summed E-state index contributed by atoms with van der Waals surface area (Å²) in [6.45, 7) is 12.4. The Labute approximate surface area is 120 Å². The third-order valence-electron chi connectivity index (χ3n) is 4.61. The number of likely N-dealkylation sites (N-methyl/N-ethyl adjacent to an activating group) is 1. The first-order valence-electron chi connectivity index (χ1n) is 8.35. The van der Waals surface area contributed by atoms with E-state index in [0.717, 1.165) is 12.3 Å². The van der Waals surface area contributed by atoms with Crippen LogP contribution in [0.1, 0.15) is 52.4 Å². The van der Waals surface area contributed by atoms with Gasteiger partial charge in [0.05, 0.1) is 0 Å². The Balaban J connectivity index is 1.96. The van der Waals surface area contributed by atoms with E-state index in [-0.39, 0.29) is 0 Å². The largest absolute Gasteiger partial charge is 0.396 e. The lowest BCUT2D eigenvalue weighted by molar-refractivity contribution is 0.135. The molecule has 3 nitrogen and oxygen atoms in total. The Hall–Kier alpha value is -0.120. The average Bonchev–Trinajstić information content (AvgIpc) is 2.46. The lowest BCUT2D eigenvalue weighted by Crippen LogP contribution is -2.46. The van der Waals surface area contributed by atoms with E-state index in [2.05, 4.69) is 23.6 Å². The molecule has 0 amide bonds. The van der Waals surface area contributed by atoms with Crippen molar-refractivity contribution in [2.75, 3.05) is 45.9 Å². The fourth-order valence-corrected chi connectivity index (χ4v) is 3.01. The first-order chi connectivity index (χ1) is 9.30. The molecule has 0 radical (unpaired) electrons. The minimum absolute atomic E-state index is 0.361. The molecule has 0 aliphatic carbocycles. The molecule has 1 atom stereocenters. The molecule has 1 fully saturated rings. The smallest absolute Gasteiger partial charge is 0.0433 e. The molecular formula is C16H34N2O. The summed E-state index contributed by atoms with van der Waals surface area (Å²) >= 11 is 0. The fraction of sp³-hybridized carbons (Fsp3) is 1.00. The van der Waals surface area contributed by atoms with Crippen LogP contribution in [0.4, 0.5) is 0 Å². The maximum absolute atomic E-state index is 8.97. The minimum atomic E-state index is 0.361. The Kier molecular flexibility index (Phi) is 9.48. The number of aliphatic hydroxyl groups excluding tert-OH is 1. The number of unbranched alkanes of at least 4 members (excludes halogenated alkanes) is 2. The highest BCUT2D eigenvalue weighted by Gasteiger charge is 2.14. The number of aliphatic hydroxyl groups is 1. The summed E-state index contributed by atoms with van der Waals surface area (Å²) in [5, 5.41) is 8.97. The Bertz CT molecular complexity index is 203. The van der Waals surface area contributed by atoms with Gasteiger partial charge in [0.15, 0.2) is 0 Å². The second kappa shape index (κ2) is 10.6. The molecule has 1 aliphatic heterocycles. The molecule has 0 saturated carbocycles. The zero-order valence-corrected chi connectivity index (χ0v) is 13.1. The molecule has 0 aromatic rings. The van der Waals surface area contributed by atoms with Crippen molar-refractivity contribution < 1.29 is 5.11 Å². The van der Waals surface area contributed by atoms with Gasteiger partial charge in [-0.05, 0) is 31.8 Å². The first-order valence-corrected chi connectivity index (χ1v) is 8.35. The van der Waals surface area contributed by atoms with Gasteiger partial charge in [-0.15, -0.1) is 0 Å². The molecular weight excluding hydrogens is 236 g/mol. The van der Waals surface area contributed by atoms with Crippen LogP contribution in [-0.2, 0) is 0 Å². The molecule has 1 rings (SSSR count). The number of piperazine rings is 1. The van der Waals surface area contributed by atoms with Gasteiger partial charge in [-0.3, -0.25) is 0 Å². The molecule has 1 N–H and O–H groups in total. The van der Waals surface area contributed by atoms with E-state index in [9.17, 15) is 0 Å². The molecule has 114 valence electrons. The molecule has 3 heteroatoms. The van der Waals surface area contributed by atoms with Crippen LogP contribution in [0.2, 0.25) is 0 Å². The lowest BCUT2D eigenvalue weighted by Gasteiger charge is -2.34. The quantitative estimate of drug-likeness (QED) is 0.618. The SMILES string of the molecule is CC[C@H](CCO)CCCCCN1CCN(CC)CC1. The molecule has 0 bridgehead atoms. The predicted octanol–water partition coefficient (Wildman–Crippen LogP) is 2.59. The number of hydrogen-bond acceptors (Lipinski definition) is 3. The Morgan fingerprint density at radius 1 is 0.895 bits per heavy atom. The summed E-state index contributed by atoms with van der Waals surface area (Å²) < 4.78 is 0. The molecule has 1 aliphatic rings. The van der Waals surface area contributed by atoms with Gasteiger partial charge >= 0.3 is 0 Å². The van der Waals surface area contributed by atoms with Gasteiger partial charge in [-0.1, -0.05) is 39.5 Å². The summed E-state index contributed by atoms with van der Waals surface area (Å²) in [6.07, 6.45) is 7.57. The summed E-state index contributed by atoms with van der Waals surface area (Å²) in [6, 6.07) is 0. The van der Waals surface area contributed by atoms with Gasteiger partial charge < -0.3 is 14.9 Å². The Morgan fingerprint density at radius 3 is 2.16 bits per heavy atom. The van der Waals surface area contributed by atoms with Crippen molar-refractivity contribution in [2.45, 2.75) is 52.4 Å². The first kappa shape index (κ1) is 16.9. The monoisotopic (exact) mass is 270 g/mol. The fourth-order valence-electron chi connectivity index (χ4n) is 3.01. The third kappa shape index (κ3) is 7.28. The van der Waals surface area contributed by atoms with Gasteiger partial charge in [0, 0.05) is 32.8 Å². The summed E-state index contributed by atoms with van der Waals surface area (Å²) in [7, 11) is 0. The summed E-state index contributed by atoms with van der Waals surface area (Å²) in [4.78, 5) is 5.16. The van der Waals surface area contributed by atoms with Gasteiger partial charge in [-0.25, -0.2) is 0 Å².